The van der Waals surface area contributed by atoms with Crippen molar-refractivity contribution in [2.45, 2.75) is 58.7 Å². The lowest BCUT2D eigenvalue weighted by molar-refractivity contribution is 0.177. The number of hydrogen-bond donors (Lipinski definition) is 1. The molecule has 1 atom stereocenters. The number of rotatable bonds is 5. The van der Waals surface area contributed by atoms with E-state index in [1.807, 2.05) is 0 Å². The number of nitrogens with one attached hydrogen (secondary N) is 1. The largest absolute Gasteiger partial charge is 0.313 e. The molecule has 1 aliphatic rings. The lowest BCUT2D eigenvalue weighted by Crippen LogP contribution is -2.45. The fourth-order valence-electron chi connectivity index (χ4n) is 2.83. The van der Waals surface area contributed by atoms with E-state index < -0.39 is 0 Å². The maximum Gasteiger partial charge on any atom is 0.0239 e. The van der Waals surface area contributed by atoms with Crippen LogP contribution in [0.15, 0.2) is 24.3 Å². The van der Waals surface area contributed by atoms with Crippen molar-refractivity contribution in [3.8, 4) is 0 Å². The van der Waals surface area contributed by atoms with Crippen molar-refractivity contribution in [2.24, 2.45) is 0 Å². The number of hydrogen-bond acceptors (Lipinski definition) is 2. The van der Waals surface area contributed by atoms with Gasteiger partial charge in [-0.15, -0.1) is 0 Å². The standard InChI is InChI=1S/C17H28N2/c1-14(2)19(13-17-10-6-7-11-18-17)12-16-9-5-4-8-15(16)3/h4-5,8-9,14,17-18H,6-7,10-13H2,1-3H3. The maximum atomic E-state index is 3.66. The van der Waals surface area contributed by atoms with Crippen LogP contribution in [0.25, 0.3) is 0 Å². The molecule has 1 unspecified atom stereocenters. The van der Waals surface area contributed by atoms with E-state index in [0.29, 0.717) is 12.1 Å². The zero-order valence-electron chi connectivity index (χ0n) is 12.7. The average Bonchev–Trinajstić information content (AvgIpc) is 2.41. The van der Waals surface area contributed by atoms with Crippen LogP contribution in [0.4, 0.5) is 0 Å². The Morgan fingerprint density at radius 2 is 2.05 bits per heavy atom. The zero-order chi connectivity index (χ0) is 13.7. The molecular formula is C17H28N2. The Hall–Kier alpha value is -0.860. The molecule has 1 aromatic carbocycles. The summed E-state index contributed by atoms with van der Waals surface area (Å²) in [5, 5.41) is 3.66. The molecule has 2 heteroatoms. The van der Waals surface area contributed by atoms with E-state index in [4.69, 9.17) is 0 Å². The summed E-state index contributed by atoms with van der Waals surface area (Å²) < 4.78 is 0. The Kier molecular flexibility index (Phi) is 5.41. The number of piperidine rings is 1. The van der Waals surface area contributed by atoms with Crippen molar-refractivity contribution in [3.63, 3.8) is 0 Å². The van der Waals surface area contributed by atoms with Gasteiger partial charge in [0.1, 0.15) is 0 Å². The summed E-state index contributed by atoms with van der Waals surface area (Å²) in [6.45, 7) is 10.3. The Labute approximate surface area is 118 Å². The van der Waals surface area contributed by atoms with Crippen molar-refractivity contribution in [1.29, 1.82) is 0 Å². The smallest absolute Gasteiger partial charge is 0.0239 e. The molecule has 1 aliphatic heterocycles. The topological polar surface area (TPSA) is 15.3 Å². The third-order valence-corrected chi connectivity index (χ3v) is 4.23. The molecule has 0 bridgehead atoms. The monoisotopic (exact) mass is 260 g/mol. The van der Waals surface area contributed by atoms with Crippen molar-refractivity contribution < 1.29 is 0 Å². The quantitative estimate of drug-likeness (QED) is 0.873. The highest BCUT2D eigenvalue weighted by molar-refractivity contribution is 5.25. The first kappa shape index (κ1) is 14.5. The van der Waals surface area contributed by atoms with Crippen LogP contribution < -0.4 is 5.32 Å². The third-order valence-electron chi connectivity index (χ3n) is 4.23. The van der Waals surface area contributed by atoms with Gasteiger partial charge in [-0.25, -0.2) is 0 Å². The van der Waals surface area contributed by atoms with E-state index in [0.717, 1.165) is 6.54 Å². The molecule has 0 radical (unpaired) electrons. The van der Waals surface area contributed by atoms with Crippen LogP contribution in [0.1, 0.15) is 44.2 Å². The second-order valence-electron chi connectivity index (χ2n) is 6.10. The van der Waals surface area contributed by atoms with Crippen molar-refractivity contribution >= 4 is 0 Å². The summed E-state index contributed by atoms with van der Waals surface area (Å²) in [5.41, 5.74) is 2.87. The Morgan fingerprint density at radius 1 is 1.26 bits per heavy atom. The maximum absolute atomic E-state index is 3.66. The van der Waals surface area contributed by atoms with Gasteiger partial charge < -0.3 is 5.32 Å². The third kappa shape index (κ3) is 4.32. The van der Waals surface area contributed by atoms with Crippen LogP contribution in [-0.2, 0) is 6.54 Å². The predicted octanol–water partition coefficient (Wildman–Crippen LogP) is 3.35. The highest BCUT2D eigenvalue weighted by atomic mass is 15.2. The van der Waals surface area contributed by atoms with Crippen molar-refractivity contribution in [2.75, 3.05) is 13.1 Å². The Morgan fingerprint density at radius 3 is 2.68 bits per heavy atom. The van der Waals surface area contributed by atoms with Gasteiger partial charge in [-0.3, -0.25) is 4.90 Å². The fraction of sp³-hybridized carbons (Fsp3) is 0.647. The van der Waals surface area contributed by atoms with Gasteiger partial charge in [0, 0.05) is 25.2 Å². The molecule has 0 saturated carbocycles. The van der Waals surface area contributed by atoms with Crippen LogP contribution in [0.5, 0.6) is 0 Å². The normalized spacial score (nSPS) is 20.2. The van der Waals surface area contributed by atoms with Crippen LogP contribution in [0.2, 0.25) is 0 Å². The summed E-state index contributed by atoms with van der Waals surface area (Å²) in [6.07, 6.45) is 4.06. The van der Waals surface area contributed by atoms with Crippen LogP contribution in [-0.4, -0.2) is 30.1 Å². The van der Waals surface area contributed by atoms with Crippen LogP contribution >= 0.6 is 0 Å². The van der Waals surface area contributed by atoms with Gasteiger partial charge in [0.15, 0.2) is 0 Å². The highest BCUT2D eigenvalue weighted by Crippen LogP contribution is 2.15. The fourth-order valence-corrected chi connectivity index (χ4v) is 2.83. The second-order valence-corrected chi connectivity index (χ2v) is 6.10. The van der Waals surface area contributed by atoms with Gasteiger partial charge in [0.05, 0.1) is 0 Å². The van der Waals surface area contributed by atoms with E-state index in [1.54, 1.807) is 0 Å². The Bertz CT molecular complexity index is 381. The number of aryl methyl sites for hydroxylation is 1. The lowest BCUT2D eigenvalue weighted by Gasteiger charge is -2.33. The number of benzene rings is 1. The first-order chi connectivity index (χ1) is 9.16. The first-order valence-corrected chi connectivity index (χ1v) is 7.68. The minimum Gasteiger partial charge on any atom is -0.313 e. The van der Waals surface area contributed by atoms with E-state index >= 15 is 0 Å². The van der Waals surface area contributed by atoms with Crippen molar-refractivity contribution in [1.82, 2.24) is 10.2 Å². The van der Waals surface area contributed by atoms with E-state index in [1.165, 1.54) is 43.5 Å². The van der Waals surface area contributed by atoms with E-state index in [9.17, 15) is 0 Å². The minimum absolute atomic E-state index is 0.600. The van der Waals surface area contributed by atoms with Crippen LogP contribution in [0, 0.1) is 6.92 Å². The van der Waals surface area contributed by atoms with Gasteiger partial charge in [0.2, 0.25) is 0 Å². The molecule has 0 aliphatic carbocycles. The van der Waals surface area contributed by atoms with Gasteiger partial charge in [-0.1, -0.05) is 30.7 Å². The molecule has 1 fully saturated rings. The predicted molar refractivity (Wildman–Crippen MR) is 82.4 cm³/mol. The van der Waals surface area contributed by atoms with E-state index in [2.05, 4.69) is 55.3 Å². The number of nitrogens with zero attached hydrogens (tertiary/aromatic N) is 1. The van der Waals surface area contributed by atoms with Gasteiger partial charge in [-0.2, -0.15) is 0 Å². The molecule has 2 nitrogen and oxygen atoms in total. The summed E-state index contributed by atoms with van der Waals surface area (Å²) in [5.74, 6) is 0. The highest BCUT2D eigenvalue weighted by Gasteiger charge is 2.19. The van der Waals surface area contributed by atoms with E-state index in [-0.39, 0.29) is 0 Å². The molecule has 1 heterocycles. The minimum atomic E-state index is 0.600. The molecular weight excluding hydrogens is 232 g/mol. The molecule has 1 saturated heterocycles. The molecule has 0 spiro atoms. The molecule has 0 amide bonds. The lowest BCUT2D eigenvalue weighted by atomic mass is 10.0. The molecule has 1 aromatic rings. The zero-order valence-corrected chi connectivity index (χ0v) is 12.7. The summed E-state index contributed by atoms with van der Waals surface area (Å²) in [6, 6.07) is 10.0. The Balaban J connectivity index is 1.97. The molecule has 19 heavy (non-hydrogen) atoms. The van der Waals surface area contributed by atoms with Gasteiger partial charge in [-0.05, 0) is 51.3 Å². The molecule has 1 N–H and O–H groups in total. The molecule has 0 aromatic heterocycles. The second kappa shape index (κ2) is 7.06. The molecule has 2 rings (SSSR count). The average molecular weight is 260 g/mol. The first-order valence-electron chi connectivity index (χ1n) is 7.68. The summed E-state index contributed by atoms with van der Waals surface area (Å²) in [7, 11) is 0. The summed E-state index contributed by atoms with van der Waals surface area (Å²) >= 11 is 0. The van der Waals surface area contributed by atoms with Crippen molar-refractivity contribution in [3.05, 3.63) is 35.4 Å². The molecule has 106 valence electrons. The van der Waals surface area contributed by atoms with Gasteiger partial charge in [0.25, 0.3) is 0 Å². The SMILES string of the molecule is Cc1ccccc1CN(CC1CCCCN1)C(C)C. The van der Waals surface area contributed by atoms with Crippen LogP contribution in [0.3, 0.4) is 0 Å². The summed E-state index contributed by atoms with van der Waals surface area (Å²) in [4.78, 5) is 2.60. The van der Waals surface area contributed by atoms with Gasteiger partial charge >= 0.3 is 0 Å².